The molecule has 0 bridgehead atoms. The molecule has 0 heterocycles. The fourth-order valence-electron chi connectivity index (χ4n) is 0.621. The number of ether oxygens (including phenoxy) is 1. The number of halogens is 1. The minimum atomic E-state index is -0.347. The average molecular weight is 170 g/mol. The minimum absolute atomic E-state index is 0.347. The summed E-state index contributed by atoms with van der Waals surface area (Å²) >= 11 is 5.55. The number of carbonyl (C=O) groups excluding carboxylic acids is 1. The highest BCUT2D eigenvalue weighted by Gasteiger charge is 1.96. The molecule has 57 valence electrons. The van der Waals surface area contributed by atoms with Crippen molar-refractivity contribution < 1.29 is 9.53 Å². The van der Waals surface area contributed by atoms with Gasteiger partial charge in [-0.05, 0) is 18.2 Å². The summed E-state index contributed by atoms with van der Waals surface area (Å²) in [4.78, 5) is 10.4. The zero-order valence-electron chi connectivity index (χ0n) is 5.93. The van der Waals surface area contributed by atoms with Crippen molar-refractivity contribution in [1.82, 2.24) is 0 Å². The van der Waals surface area contributed by atoms with Gasteiger partial charge < -0.3 is 4.74 Å². The van der Waals surface area contributed by atoms with Crippen LogP contribution in [0.15, 0.2) is 18.2 Å². The first-order valence-corrected chi connectivity index (χ1v) is 3.42. The molecule has 11 heavy (non-hydrogen) atoms. The molecular weight excluding hydrogens is 164 g/mol. The predicted molar refractivity (Wildman–Crippen MR) is 41.6 cm³/mol. The van der Waals surface area contributed by atoms with Gasteiger partial charge in [-0.3, -0.25) is 4.79 Å². The van der Waals surface area contributed by atoms with Crippen molar-refractivity contribution in [2.24, 2.45) is 0 Å². The van der Waals surface area contributed by atoms with Crippen LogP contribution in [0.1, 0.15) is 6.92 Å². The fraction of sp³-hybridized carbons (Fsp3) is 0.125. The third-order valence-electron chi connectivity index (χ3n) is 1.01. The van der Waals surface area contributed by atoms with E-state index in [2.05, 4.69) is 6.07 Å². The van der Waals surface area contributed by atoms with Gasteiger partial charge in [0.1, 0.15) is 5.75 Å². The average Bonchev–Trinajstić information content (AvgIpc) is 1.93. The SMILES string of the molecule is CC(=O)Oc1c[c]c(Cl)cc1. The molecule has 3 heteroatoms. The van der Waals surface area contributed by atoms with Crippen LogP contribution in [0.3, 0.4) is 0 Å². The van der Waals surface area contributed by atoms with E-state index in [1.807, 2.05) is 0 Å². The Morgan fingerprint density at radius 2 is 2.36 bits per heavy atom. The zero-order chi connectivity index (χ0) is 8.27. The van der Waals surface area contributed by atoms with Gasteiger partial charge in [0.25, 0.3) is 0 Å². The molecule has 0 aliphatic rings. The lowest BCUT2D eigenvalue weighted by atomic mass is 10.3. The van der Waals surface area contributed by atoms with Gasteiger partial charge in [-0.1, -0.05) is 11.6 Å². The molecule has 0 amide bonds. The molecule has 0 aliphatic carbocycles. The molecule has 0 N–H and O–H groups in total. The maximum Gasteiger partial charge on any atom is 0.308 e. The molecule has 0 spiro atoms. The maximum absolute atomic E-state index is 10.4. The van der Waals surface area contributed by atoms with Crippen LogP contribution in [0.25, 0.3) is 0 Å². The van der Waals surface area contributed by atoms with Gasteiger partial charge in [0.2, 0.25) is 0 Å². The highest BCUT2D eigenvalue weighted by atomic mass is 35.5. The molecule has 1 radical (unpaired) electrons. The summed E-state index contributed by atoms with van der Waals surface area (Å²) in [5, 5.41) is 0.501. The minimum Gasteiger partial charge on any atom is -0.427 e. The zero-order valence-corrected chi connectivity index (χ0v) is 6.68. The van der Waals surface area contributed by atoms with Crippen LogP contribution in [0.4, 0.5) is 0 Å². The molecule has 1 rings (SSSR count). The van der Waals surface area contributed by atoms with Gasteiger partial charge in [-0.2, -0.15) is 0 Å². The molecule has 1 aromatic carbocycles. The molecule has 0 saturated carbocycles. The van der Waals surface area contributed by atoms with Crippen molar-refractivity contribution in [2.75, 3.05) is 0 Å². The van der Waals surface area contributed by atoms with E-state index in [0.717, 1.165) is 0 Å². The lowest BCUT2D eigenvalue weighted by molar-refractivity contribution is -0.131. The number of carbonyl (C=O) groups is 1. The van der Waals surface area contributed by atoms with Crippen molar-refractivity contribution in [3.8, 4) is 5.75 Å². The van der Waals surface area contributed by atoms with Crippen molar-refractivity contribution in [3.05, 3.63) is 29.3 Å². The highest BCUT2D eigenvalue weighted by molar-refractivity contribution is 6.30. The quantitative estimate of drug-likeness (QED) is 0.475. The van der Waals surface area contributed by atoms with Crippen LogP contribution in [-0.4, -0.2) is 5.97 Å². The van der Waals surface area contributed by atoms with E-state index in [1.54, 1.807) is 12.1 Å². The summed E-state index contributed by atoms with van der Waals surface area (Å²) < 4.78 is 4.74. The summed E-state index contributed by atoms with van der Waals surface area (Å²) in [6, 6.07) is 7.43. The van der Waals surface area contributed by atoms with Crippen LogP contribution in [0.5, 0.6) is 5.75 Å². The second-order valence-corrected chi connectivity index (χ2v) is 2.37. The smallest absolute Gasteiger partial charge is 0.308 e. The lowest BCUT2D eigenvalue weighted by Gasteiger charge is -1.98. The fourth-order valence-corrected chi connectivity index (χ4v) is 0.739. The van der Waals surface area contributed by atoms with Crippen molar-refractivity contribution in [3.63, 3.8) is 0 Å². The van der Waals surface area contributed by atoms with Gasteiger partial charge >= 0.3 is 5.97 Å². The summed E-state index contributed by atoms with van der Waals surface area (Å²) in [5.41, 5.74) is 0. The first-order chi connectivity index (χ1) is 5.18. The Hall–Kier alpha value is -1.02. The molecular formula is C8H6ClO2. The molecule has 1 aromatic rings. The third-order valence-corrected chi connectivity index (χ3v) is 1.24. The van der Waals surface area contributed by atoms with Gasteiger partial charge in [0.05, 0.1) is 0 Å². The number of hydrogen-bond donors (Lipinski definition) is 0. The Bertz CT molecular complexity index is 253. The first kappa shape index (κ1) is 8.08. The van der Waals surface area contributed by atoms with E-state index < -0.39 is 0 Å². The Kier molecular flexibility index (Phi) is 2.49. The van der Waals surface area contributed by atoms with E-state index in [4.69, 9.17) is 16.3 Å². The van der Waals surface area contributed by atoms with E-state index in [0.29, 0.717) is 10.8 Å². The van der Waals surface area contributed by atoms with Crippen LogP contribution < -0.4 is 4.74 Å². The van der Waals surface area contributed by atoms with Crippen LogP contribution in [0.2, 0.25) is 5.02 Å². The second-order valence-electron chi connectivity index (χ2n) is 1.97. The van der Waals surface area contributed by atoms with E-state index >= 15 is 0 Å². The van der Waals surface area contributed by atoms with Crippen molar-refractivity contribution in [2.45, 2.75) is 6.92 Å². The molecule has 0 atom stereocenters. The Labute approximate surface area is 69.7 Å². The van der Waals surface area contributed by atoms with Gasteiger partial charge in [-0.25, -0.2) is 0 Å². The predicted octanol–water partition coefficient (Wildman–Crippen LogP) is 2.07. The topological polar surface area (TPSA) is 26.3 Å². The largest absolute Gasteiger partial charge is 0.427 e. The Morgan fingerprint density at radius 1 is 1.64 bits per heavy atom. The Balaban J connectivity index is 2.74. The summed E-state index contributed by atoms with van der Waals surface area (Å²) in [5.74, 6) is 0.114. The summed E-state index contributed by atoms with van der Waals surface area (Å²) in [6.07, 6.45) is 0. The van der Waals surface area contributed by atoms with Crippen LogP contribution in [-0.2, 0) is 4.79 Å². The normalized spacial score (nSPS) is 9.27. The van der Waals surface area contributed by atoms with E-state index in [1.165, 1.54) is 13.0 Å². The van der Waals surface area contributed by atoms with E-state index in [9.17, 15) is 4.79 Å². The molecule has 0 unspecified atom stereocenters. The maximum atomic E-state index is 10.4. The molecule has 2 nitrogen and oxygen atoms in total. The summed E-state index contributed by atoms with van der Waals surface area (Å²) in [6.45, 7) is 1.34. The Morgan fingerprint density at radius 3 is 2.82 bits per heavy atom. The first-order valence-electron chi connectivity index (χ1n) is 3.04. The monoisotopic (exact) mass is 169 g/mol. The molecule has 0 aromatic heterocycles. The lowest BCUT2D eigenvalue weighted by Crippen LogP contribution is -2.00. The molecule has 0 aliphatic heterocycles. The summed E-state index contributed by atoms with van der Waals surface area (Å²) in [7, 11) is 0. The number of esters is 1. The van der Waals surface area contributed by atoms with Gasteiger partial charge in [0.15, 0.2) is 0 Å². The second kappa shape index (κ2) is 3.39. The standard InChI is InChI=1S/C8H6ClO2/c1-6(10)11-8-4-2-7(9)3-5-8/h2,4-5H,1H3. The molecule has 0 fully saturated rings. The van der Waals surface area contributed by atoms with Crippen molar-refractivity contribution in [1.29, 1.82) is 0 Å². The highest BCUT2D eigenvalue weighted by Crippen LogP contribution is 2.14. The van der Waals surface area contributed by atoms with Crippen LogP contribution >= 0.6 is 11.6 Å². The van der Waals surface area contributed by atoms with Gasteiger partial charge in [0, 0.05) is 18.0 Å². The molecule has 0 saturated heterocycles. The number of rotatable bonds is 1. The van der Waals surface area contributed by atoms with Gasteiger partial charge in [-0.15, -0.1) is 0 Å². The number of hydrogen-bond acceptors (Lipinski definition) is 2. The third kappa shape index (κ3) is 2.60. The number of benzene rings is 1. The van der Waals surface area contributed by atoms with E-state index in [-0.39, 0.29) is 5.97 Å². The van der Waals surface area contributed by atoms with Crippen LogP contribution in [0, 0.1) is 6.07 Å². The van der Waals surface area contributed by atoms with Crippen molar-refractivity contribution >= 4 is 17.6 Å².